The van der Waals surface area contributed by atoms with Crippen LogP contribution in [0.2, 0.25) is 0 Å². The highest BCUT2D eigenvalue weighted by molar-refractivity contribution is 9.11. The number of nitrogens with zero attached hydrogens (tertiary/aromatic N) is 4. The van der Waals surface area contributed by atoms with Gasteiger partial charge in [0.2, 0.25) is 0 Å². The van der Waals surface area contributed by atoms with E-state index in [0.717, 1.165) is 5.69 Å². The predicted octanol–water partition coefficient (Wildman–Crippen LogP) is 3.61. The van der Waals surface area contributed by atoms with Gasteiger partial charge >= 0.3 is 6.09 Å². The van der Waals surface area contributed by atoms with Gasteiger partial charge in [-0.3, -0.25) is 9.78 Å². The van der Waals surface area contributed by atoms with Crippen LogP contribution in [0.5, 0.6) is 0 Å². The van der Waals surface area contributed by atoms with E-state index in [4.69, 9.17) is 4.74 Å². The third kappa shape index (κ3) is 5.20. The minimum atomic E-state index is -0.512. The first-order valence-electron chi connectivity index (χ1n) is 8.82. The number of ether oxygens (including phenoxy) is 1. The molecule has 0 aromatic carbocycles. The molecule has 0 spiro atoms. The lowest BCUT2D eigenvalue weighted by Gasteiger charge is -2.37. The lowest BCUT2D eigenvalue weighted by Crippen LogP contribution is -2.50. The molecule has 150 valence electrons. The Hall–Kier alpha value is -2.20. The van der Waals surface area contributed by atoms with Gasteiger partial charge in [0.15, 0.2) is 3.92 Å². The Kier molecular flexibility index (Phi) is 6.19. The van der Waals surface area contributed by atoms with E-state index in [0.29, 0.717) is 41.5 Å². The molecule has 0 unspecified atom stereocenters. The summed E-state index contributed by atoms with van der Waals surface area (Å²) in [5.74, 6) is -0.288. The van der Waals surface area contributed by atoms with Gasteiger partial charge in [0.25, 0.3) is 5.91 Å². The number of halogens is 1. The van der Waals surface area contributed by atoms with Crippen molar-refractivity contribution in [3.63, 3.8) is 0 Å². The van der Waals surface area contributed by atoms with E-state index in [2.05, 4.69) is 36.1 Å². The van der Waals surface area contributed by atoms with Crippen LogP contribution in [-0.4, -0.2) is 58.6 Å². The monoisotopic (exact) mass is 467 g/mol. The largest absolute Gasteiger partial charge is 0.444 e. The molecule has 1 aliphatic heterocycles. The Morgan fingerprint density at radius 3 is 2.57 bits per heavy atom. The molecule has 28 heavy (non-hydrogen) atoms. The Morgan fingerprint density at radius 2 is 1.96 bits per heavy atom. The molecule has 0 radical (unpaired) electrons. The molecule has 3 rings (SSSR count). The van der Waals surface area contributed by atoms with Crippen LogP contribution in [0.4, 0.5) is 16.2 Å². The van der Waals surface area contributed by atoms with Gasteiger partial charge in [0.1, 0.15) is 11.3 Å². The SMILES string of the molecule is CC(C)(C)OC(=O)N1CCN(c2ccncc2NC(=O)c2csc(Br)n2)CC1. The van der Waals surface area contributed by atoms with Crippen LogP contribution in [0.1, 0.15) is 31.3 Å². The van der Waals surface area contributed by atoms with Gasteiger partial charge in [0.05, 0.1) is 17.6 Å². The van der Waals surface area contributed by atoms with Crippen LogP contribution in [0.3, 0.4) is 0 Å². The summed E-state index contributed by atoms with van der Waals surface area (Å²) in [7, 11) is 0. The van der Waals surface area contributed by atoms with Crippen molar-refractivity contribution in [2.45, 2.75) is 26.4 Å². The molecule has 10 heteroatoms. The first kappa shape index (κ1) is 20.5. The summed E-state index contributed by atoms with van der Waals surface area (Å²) >= 11 is 4.61. The summed E-state index contributed by atoms with van der Waals surface area (Å²) in [6.07, 6.45) is 3.00. The third-order valence-corrected chi connectivity index (χ3v) is 5.39. The molecule has 0 bridgehead atoms. The molecule has 2 aromatic heterocycles. The summed E-state index contributed by atoms with van der Waals surface area (Å²) in [6, 6.07) is 1.86. The third-order valence-electron chi connectivity index (χ3n) is 4.03. The van der Waals surface area contributed by atoms with Crippen molar-refractivity contribution in [2.75, 3.05) is 36.4 Å². The molecule has 1 N–H and O–H groups in total. The van der Waals surface area contributed by atoms with Crippen molar-refractivity contribution in [3.8, 4) is 0 Å². The van der Waals surface area contributed by atoms with Crippen molar-refractivity contribution < 1.29 is 14.3 Å². The number of hydrogen-bond acceptors (Lipinski definition) is 7. The Morgan fingerprint density at radius 1 is 1.25 bits per heavy atom. The number of aromatic nitrogens is 2. The number of hydrogen-bond donors (Lipinski definition) is 1. The van der Waals surface area contributed by atoms with Crippen LogP contribution in [0.15, 0.2) is 27.8 Å². The second-order valence-corrected chi connectivity index (χ2v) is 9.42. The van der Waals surface area contributed by atoms with Crippen molar-refractivity contribution >= 4 is 50.6 Å². The van der Waals surface area contributed by atoms with Crippen molar-refractivity contribution in [1.82, 2.24) is 14.9 Å². The molecule has 0 saturated carbocycles. The normalized spacial score (nSPS) is 14.7. The van der Waals surface area contributed by atoms with Crippen molar-refractivity contribution in [2.24, 2.45) is 0 Å². The fourth-order valence-corrected chi connectivity index (χ4v) is 3.75. The van der Waals surface area contributed by atoms with E-state index < -0.39 is 5.60 Å². The summed E-state index contributed by atoms with van der Waals surface area (Å²) in [5.41, 5.74) is 1.31. The van der Waals surface area contributed by atoms with Gasteiger partial charge in [-0.25, -0.2) is 9.78 Å². The second-order valence-electron chi connectivity index (χ2n) is 7.29. The average Bonchev–Trinajstić information content (AvgIpc) is 3.07. The number of thiazole rings is 1. The number of pyridine rings is 1. The fourth-order valence-electron chi connectivity index (χ4n) is 2.76. The van der Waals surface area contributed by atoms with Gasteiger partial charge in [-0.15, -0.1) is 11.3 Å². The molecule has 2 amide bonds. The standard InChI is InChI=1S/C18H22BrN5O3S/c1-18(2,3)27-17(26)24-8-6-23(7-9-24)14-4-5-20-10-12(14)21-15(25)13-11-28-16(19)22-13/h4-5,10-11H,6-9H2,1-3H3,(H,21,25). The van der Waals surface area contributed by atoms with E-state index >= 15 is 0 Å². The fraction of sp³-hybridized carbons (Fsp3) is 0.444. The van der Waals surface area contributed by atoms with Crippen LogP contribution >= 0.6 is 27.3 Å². The Labute approximate surface area is 176 Å². The molecular weight excluding hydrogens is 446 g/mol. The minimum absolute atomic E-state index is 0.288. The highest BCUT2D eigenvalue weighted by Gasteiger charge is 2.27. The Balaban J connectivity index is 1.65. The number of nitrogens with one attached hydrogen (secondary N) is 1. The Bertz CT molecular complexity index is 859. The van der Waals surface area contributed by atoms with E-state index in [9.17, 15) is 9.59 Å². The summed E-state index contributed by atoms with van der Waals surface area (Å²) in [5, 5.41) is 4.57. The van der Waals surface area contributed by atoms with Crippen molar-refractivity contribution in [1.29, 1.82) is 0 Å². The summed E-state index contributed by atoms with van der Waals surface area (Å²) in [6.45, 7) is 7.92. The smallest absolute Gasteiger partial charge is 0.410 e. The lowest BCUT2D eigenvalue weighted by atomic mass is 10.2. The molecule has 2 aromatic rings. The minimum Gasteiger partial charge on any atom is -0.444 e. The van der Waals surface area contributed by atoms with Gasteiger partial charge in [-0.1, -0.05) is 0 Å². The van der Waals surface area contributed by atoms with Crippen molar-refractivity contribution in [3.05, 3.63) is 33.5 Å². The number of anilines is 2. The molecule has 0 aliphatic carbocycles. The van der Waals surface area contributed by atoms with Crippen LogP contribution < -0.4 is 10.2 Å². The maximum atomic E-state index is 12.4. The number of amides is 2. The zero-order valence-electron chi connectivity index (χ0n) is 15.9. The highest BCUT2D eigenvalue weighted by Crippen LogP contribution is 2.27. The van der Waals surface area contributed by atoms with E-state index in [1.807, 2.05) is 26.8 Å². The number of piperazine rings is 1. The predicted molar refractivity (Wildman–Crippen MR) is 112 cm³/mol. The van der Waals surface area contributed by atoms with Gasteiger partial charge in [-0.05, 0) is 42.8 Å². The number of carbonyl (C=O) groups excluding carboxylic acids is 2. The molecule has 1 saturated heterocycles. The average molecular weight is 468 g/mol. The van der Waals surface area contributed by atoms with E-state index in [1.54, 1.807) is 22.7 Å². The first-order chi connectivity index (χ1) is 13.2. The highest BCUT2D eigenvalue weighted by atomic mass is 79.9. The lowest BCUT2D eigenvalue weighted by molar-refractivity contribution is 0.0240. The molecule has 3 heterocycles. The van der Waals surface area contributed by atoms with Gasteiger partial charge in [-0.2, -0.15) is 0 Å². The molecular formula is C18H22BrN5O3S. The van der Waals surface area contributed by atoms with E-state index in [-0.39, 0.29) is 12.0 Å². The van der Waals surface area contributed by atoms with Crippen LogP contribution in [0.25, 0.3) is 0 Å². The van der Waals surface area contributed by atoms with E-state index in [1.165, 1.54) is 11.3 Å². The summed E-state index contributed by atoms with van der Waals surface area (Å²) < 4.78 is 6.09. The van der Waals surface area contributed by atoms with Crippen LogP contribution in [-0.2, 0) is 4.74 Å². The quantitative estimate of drug-likeness (QED) is 0.741. The molecule has 0 atom stereocenters. The molecule has 1 fully saturated rings. The topological polar surface area (TPSA) is 87.7 Å². The number of rotatable bonds is 3. The zero-order chi connectivity index (χ0) is 20.3. The van der Waals surface area contributed by atoms with Crippen LogP contribution in [0, 0.1) is 0 Å². The molecule has 8 nitrogen and oxygen atoms in total. The van der Waals surface area contributed by atoms with Gasteiger partial charge < -0.3 is 19.9 Å². The first-order valence-corrected chi connectivity index (χ1v) is 10.5. The maximum Gasteiger partial charge on any atom is 0.410 e. The maximum absolute atomic E-state index is 12.4. The number of carbonyl (C=O) groups is 2. The summed E-state index contributed by atoms with van der Waals surface area (Å²) in [4.78, 5) is 36.8. The zero-order valence-corrected chi connectivity index (χ0v) is 18.3. The second kappa shape index (κ2) is 8.44. The molecule has 1 aliphatic rings. The van der Waals surface area contributed by atoms with Gasteiger partial charge in [0, 0.05) is 37.8 Å².